The van der Waals surface area contributed by atoms with Gasteiger partial charge < -0.3 is 15.6 Å². The normalized spacial score (nSPS) is 11.9. The van der Waals surface area contributed by atoms with Gasteiger partial charge in [-0.05, 0) is 47.3 Å². The third kappa shape index (κ3) is 4.35. The van der Waals surface area contributed by atoms with E-state index in [0.29, 0.717) is 17.0 Å². The fraction of sp³-hybridized carbons (Fsp3) is 0.0909. The smallest absolute Gasteiger partial charge is 0.262 e. The number of hydrogen-bond acceptors (Lipinski definition) is 3. The van der Waals surface area contributed by atoms with Crippen molar-refractivity contribution in [2.45, 2.75) is 12.5 Å². The Morgan fingerprint density at radius 2 is 1.83 bits per heavy atom. The number of anilines is 1. The molecule has 0 radical (unpaired) electrons. The molecule has 7 heteroatoms. The highest BCUT2D eigenvalue weighted by Crippen LogP contribution is 2.20. The quantitative estimate of drug-likeness (QED) is 0.445. The fourth-order valence-electron chi connectivity index (χ4n) is 3.13. The molecule has 5 nitrogen and oxygen atoms in total. The summed E-state index contributed by atoms with van der Waals surface area (Å²) in [6.07, 6.45) is 2.16. The number of benzene rings is 2. The molecule has 3 N–H and O–H groups in total. The molecule has 0 aliphatic rings. The predicted octanol–water partition coefficient (Wildman–Crippen LogP) is 4.35. The number of carbonyl (C=O) groups is 2. The molecule has 4 rings (SSSR count). The van der Waals surface area contributed by atoms with Crippen molar-refractivity contribution in [1.82, 2.24) is 10.3 Å². The molecule has 2 aromatic heterocycles. The van der Waals surface area contributed by atoms with Crippen molar-refractivity contribution in [2.75, 3.05) is 5.32 Å². The molecule has 0 spiro atoms. The molecule has 0 aliphatic carbocycles. The maximum atomic E-state index is 13.1. The van der Waals surface area contributed by atoms with Gasteiger partial charge >= 0.3 is 0 Å². The first-order chi connectivity index (χ1) is 14.1. The highest BCUT2D eigenvalue weighted by atomic mass is 32.1. The van der Waals surface area contributed by atoms with Crippen molar-refractivity contribution in [3.63, 3.8) is 0 Å². The molecular formula is C22H18FN3O2S. The van der Waals surface area contributed by atoms with Gasteiger partial charge in [0, 0.05) is 29.2 Å². The minimum atomic E-state index is -0.797. The van der Waals surface area contributed by atoms with Crippen LogP contribution < -0.4 is 10.6 Å². The van der Waals surface area contributed by atoms with Crippen LogP contribution in [0.15, 0.2) is 72.2 Å². The Hall–Kier alpha value is -3.45. The molecule has 0 saturated heterocycles. The summed E-state index contributed by atoms with van der Waals surface area (Å²) in [7, 11) is 0. The van der Waals surface area contributed by atoms with E-state index < -0.39 is 6.04 Å². The summed E-state index contributed by atoms with van der Waals surface area (Å²) in [6.45, 7) is 0. The van der Waals surface area contributed by atoms with E-state index >= 15 is 0 Å². The predicted molar refractivity (Wildman–Crippen MR) is 113 cm³/mol. The first-order valence-electron chi connectivity index (χ1n) is 9.06. The minimum absolute atomic E-state index is 0.306. The lowest BCUT2D eigenvalue weighted by Gasteiger charge is -2.18. The molecule has 2 aromatic carbocycles. The van der Waals surface area contributed by atoms with Crippen molar-refractivity contribution in [3.05, 3.63) is 88.5 Å². The van der Waals surface area contributed by atoms with Crippen molar-refractivity contribution in [2.24, 2.45) is 0 Å². The number of H-pyrrole nitrogens is 1. The fourth-order valence-corrected chi connectivity index (χ4v) is 3.76. The highest BCUT2D eigenvalue weighted by molar-refractivity contribution is 7.12. The number of fused-ring (bicyclic) bond motifs is 1. The summed E-state index contributed by atoms with van der Waals surface area (Å²) in [5.41, 5.74) is 2.35. The number of amides is 2. The summed E-state index contributed by atoms with van der Waals surface area (Å²) in [6, 6.07) is 16.0. The van der Waals surface area contributed by atoms with E-state index in [1.165, 1.54) is 35.6 Å². The Morgan fingerprint density at radius 1 is 1.03 bits per heavy atom. The monoisotopic (exact) mass is 407 g/mol. The van der Waals surface area contributed by atoms with Crippen LogP contribution >= 0.6 is 11.3 Å². The van der Waals surface area contributed by atoms with E-state index in [4.69, 9.17) is 0 Å². The molecule has 0 fully saturated rings. The van der Waals surface area contributed by atoms with E-state index in [0.717, 1.165) is 16.5 Å². The van der Waals surface area contributed by atoms with Gasteiger partial charge in [-0.25, -0.2) is 4.39 Å². The number of halogens is 1. The molecule has 0 unspecified atom stereocenters. The van der Waals surface area contributed by atoms with Gasteiger partial charge in [0.1, 0.15) is 11.9 Å². The van der Waals surface area contributed by atoms with Crippen LogP contribution in [0.25, 0.3) is 10.9 Å². The Balaban J connectivity index is 1.58. The number of aromatic amines is 1. The van der Waals surface area contributed by atoms with Crippen LogP contribution in [-0.4, -0.2) is 22.8 Å². The van der Waals surface area contributed by atoms with Crippen LogP contribution in [0.1, 0.15) is 15.2 Å². The van der Waals surface area contributed by atoms with Crippen molar-refractivity contribution in [1.29, 1.82) is 0 Å². The number of nitrogens with one attached hydrogen (secondary N) is 3. The Morgan fingerprint density at radius 3 is 2.59 bits per heavy atom. The standard InChI is InChI=1S/C22H18FN3O2S/c23-15-7-9-16(10-8-15)25-21(27)19(26-22(28)20-6-3-11-29-20)12-14-13-24-18-5-2-1-4-17(14)18/h1-11,13,19,24H,12H2,(H,25,27)(H,26,28)/t19-/m0/s1. The SMILES string of the molecule is O=C(N[C@@H](Cc1c[nH]c2ccccc12)C(=O)Nc1ccc(F)cc1)c1cccs1. The largest absolute Gasteiger partial charge is 0.361 e. The number of rotatable bonds is 6. The highest BCUT2D eigenvalue weighted by Gasteiger charge is 2.23. The summed E-state index contributed by atoms with van der Waals surface area (Å²) in [5.74, 6) is -1.06. The van der Waals surface area contributed by atoms with Gasteiger partial charge in [-0.1, -0.05) is 24.3 Å². The average Bonchev–Trinajstić information content (AvgIpc) is 3.40. The average molecular weight is 407 g/mol. The molecule has 0 aliphatic heterocycles. The summed E-state index contributed by atoms with van der Waals surface area (Å²) < 4.78 is 13.1. The Kier molecular flexibility index (Phi) is 5.39. The number of aromatic nitrogens is 1. The van der Waals surface area contributed by atoms with Gasteiger partial charge in [-0.3, -0.25) is 9.59 Å². The second-order valence-electron chi connectivity index (χ2n) is 6.56. The maximum Gasteiger partial charge on any atom is 0.262 e. The lowest BCUT2D eigenvalue weighted by Crippen LogP contribution is -2.45. The molecule has 1 atom stereocenters. The number of thiophene rings is 1. The van der Waals surface area contributed by atoms with E-state index in [2.05, 4.69) is 15.6 Å². The third-order valence-corrected chi connectivity index (χ3v) is 5.45. The maximum absolute atomic E-state index is 13.1. The van der Waals surface area contributed by atoms with E-state index in [9.17, 15) is 14.0 Å². The topological polar surface area (TPSA) is 74.0 Å². The van der Waals surface area contributed by atoms with Gasteiger partial charge in [0.15, 0.2) is 0 Å². The lowest BCUT2D eigenvalue weighted by atomic mass is 10.0. The van der Waals surface area contributed by atoms with Crippen LogP contribution in [0, 0.1) is 5.82 Å². The van der Waals surface area contributed by atoms with Crippen molar-refractivity contribution < 1.29 is 14.0 Å². The van der Waals surface area contributed by atoms with Gasteiger partial charge in [-0.15, -0.1) is 11.3 Å². The minimum Gasteiger partial charge on any atom is -0.361 e. The van der Waals surface area contributed by atoms with E-state index in [-0.39, 0.29) is 17.6 Å². The van der Waals surface area contributed by atoms with Crippen LogP contribution in [0.3, 0.4) is 0 Å². The first kappa shape index (κ1) is 18.9. The molecule has 2 heterocycles. The zero-order valence-electron chi connectivity index (χ0n) is 15.3. The van der Waals surface area contributed by atoms with Crippen LogP contribution in [-0.2, 0) is 11.2 Å². The van der Waals surface area contributed by atoms with E-state index in [1.807, 2.05) is 35.8 Å². The molecule has 2 amide bonds. The second-order valence-corrected chi connectivity index (χ2v) is 7.51. The molecule has 0 bridgehead atoms. The first-order valence-corrected chi connectivity index (χ1v) is 9.94. The summed E-state index contributed by atoms with van der Waals surface area (Å²) in [4.78, 5) is 29.2. The Bertz CT molecular complexity index is 1140. The van der Waals surface area contributed by atoms with Crippen LogP contribution in [0.2, 0.25) is 0 Å². The Labute approximate surface area is 170 Å². The molecule has 29 heavy (non-hydrogen) atoms. The number of para-hydroxylation sites is 1. The van der Waals surface area contributed by atoms with Gasteiger partial charge in [-0.2, -0.15) is 0 Å². The lowest BCUT2D eigenvalue weighted by molar-refractivity contribution is -0.118. The zero-order valence-corrected chi connectivity index (χ0v) is 16.1. The van der Waals surface area contributed by atoms with Crippen molar-refractivity contribution >= 4 is 39.7 Å². The number of hydrogen-bond donors (Lipinski definition) is 3. The van der Waals surface area contributed by atoms with Crippen LogP contribution in [0.5, 0.6) is 0 Å². The molecule has 0 saturated carbocycles. The van der Waals surface area contributed by atoms with E-state index in [1.54, 1.807) is 12.1 Å². The second kappa shape index (κ2) is 8.28. The van der Waals surface area contributed by atoms with Gasteiger partial charge in [0.25, 0.3) is 5.91 Å². The third-order valence-electron chi connectivity index (χ3n) is 4.58. The molecular weight excluding hydrogens is 389 g/mol. The zero-order chi connectivity index (χ0) is 20.2. The molecule has 146 valence electrons. The van der Waals surface area contributed by atoms with Crippen molar-refractivity contribution in [3.8, 4) is 0 Å². The van der Waals surface area contributed by atoms with Crippen LogP contribution in [0.4, 0.5) is 10.1 Å². The van der Waals surface area contributed by atoms with Gasteiger partial charge in [0.2, 0.25) is 5.91 Å². The summed E-state index contributed by atoms with van der Waals surface area (Å²) in [5, 5.41) is 8.38. The van der Waals surface area contributed by atoms with Gasteiger partial charge in [0.05, 0.1) is 4.88 Å². The molecule has 4 aromatic rings. The summed E-state index contributed by atoms with van der Waals surface area (Å²) >= 11 is 1.31. The number of carbonyl (C=O) groups excluding carboxylic acids is 2.